The lowest BCUT2D eigenvalue weighted by Gasteiger charge is -2.28. The first-order valence-electron chi connectivity index (χ1n) is 22.0. The molecule has 7 amide bonds. The van der Waals surface area contributed by atoms with Gasteiger partial charge in [0.05, 0.1) is 24.5 Å². The van der Waals surface area contributed by atoms with E-state index >= 15 is 0 Å². The van der Waals surface area contributed by atoms with Gasteiger partial charge in [-0.15, -0.1) is 0 Å². The van der Waals surface area contributed by atoms with E-state index < -0.39 is 126 Å². The van der Waals surface area contributed by atoms with E-state index in [2.05, 4.69) is 38.5 Å². The molecule has 0 aliphatic carbocycles. The smallest absolute Gasteiger partial charge is 0.326 e. The van der Waals surface area contributed by atoms with Crippen molar-refractivity contribution in [3.8, 4) is 0 Å². The highest BCUT2D eigenvalue weighted by atomic mass is 16.5. The van der Waals surface area contributed by atoms with Gasteiger partial charge in [-0.2, -0.15) is 0 Å². The summed E-state index contributed by atoms with van der Waals surface area (Å²) in [6, 6.07) is 1.43. The number of hydrogen-bond acceptors (Lipinski definition) is 10. The van der Waals surface area contributed by atoms with Crippen molar-refractivity contribution >= 4 is 53.3 Å². The molecule has 8 N–H and O–H groups in total. The third-order valence-corrected chi connectivity index (χ3v) is 11.2. The zero-order valence-corrected chi connectivity index (χ0v) is 39.6. The third-order valence-electron chi connectivity index (χ3n) is 11.2. The summed E-state index contributed by atoms with van der Waals surface area (Å²) in [7, 11) is 2.84. The van der Waals surface area contributed by atoms with Gasteiger partial charge in [-0.1, -0.05) is 102 Å². The summed E-state index contributed by atoms with van der Waals surface area (Å²) in [5, 5.41) is 35.1. The third kappa shape index (κ3) is 17.9. The Morgan fingerprint density at radius 3 is 2.00 bits per heavy atom. The number of carboxylic acid groups (broad SMARTS) is 2. The highest BCUT2D eigenvalue weighted by Gasteiger charge is 2.35. The average molecular weight is 924 g/mol. The number of likely N-dealkylation sites (N-methyl/N-ethyl adjacent to an activating group) is 1. The summed E-state index contributed by atoms with van der Waals surface area (Å²) in [6.45, 7) is 17.0. The number of carbonyl (C=O) groups excluding carboxylic acids is 7. The molecule has 9 atom stereocenters. The van der Waals surface area contributed by atoms with E-state index in [0.717, 1.165) is 16.0 Å². The molecule has 1 fully saturated rings. The number of aliphatic carboxylic acids is 2. The van der Waals surface area contributed by atoms with Crippen LogP contribution in [0, 0.1) is 23.7 Å². The van der Waals surface area contributed by atoms with Crippen LogP contribution in [0.3, 0.4) is 0 Å². The lowest BCUT2D eigenvalue weighted by Crippen LogP contribution is -2.57. The molecule has 66 heavy (non-hydrogen) atoms. The molecule has 1 saturated heterocycles. The molecule has 0 saturated carbocycles. The predicted octanol–water partition coefficient (Wildman–Crippen LogP) is 1.97. The molecule has 1 aromatic carbocycles. The fourth-order valence-electron chi connectivity index (χ4n) is 6.99. The minimum atomic E-state index is -1.80. The second-order valence-electron chi connectivity index (χ2n) is 17.5. The standard InChI is InChI=1S/C47H69N7O12/c1-25(2)21-35-44(60)52-36(47(64)65)24-38(55)53-40(26(3)4)45(61)49-33(18-17-27(5)22-28(6)37(66-11)23-32-15-13-12-14-16-32)29(7)41(57)50-34(46(62)63)19-20-39(56)54(10)31(9)43(59)48-30(8)42(58)51-35/h12-18,22,25-26,28-30,33-37,40H,9,19-21,23-24H2,1-8,10-11H3,(H,48,59)(H,49,61)(H,50,57)(H,51,58)(H,52,60)(H,53,55)(H,62,63)(H,64,65)/b18-17+,27-22+/t28-,29-,30+,33-,34+,35-,36+,37-,40-/m0/s1. The van der Waals surface area contributed by atoms with Crippen LogP contribution >= 0.6 is 0 Å². The maximum Gasteiger partial charge on any atom is 0.326 e. The van der Waals surface area contributed by atoms with Crippen molar-refractivity contribution < 1.29 is 58.1 Å². The van der Waals surface area contributed by atoms with E-state index in [0.29, 0.717) is 6.42 Å². The lowest BCUT2D eigenvalue weighted by atomic mass is 9.94. The zero-order valence-electron chi connectivity index (χ0n) is 39.6. The Labute approximate surface area is 387 Å². The maximum absolute atomic E-state index is 14.1. The monoisotopic (exact) mass is 924 g/mol. The van der Waals surface area contributed by atoms with Gasteiger partial charge in [0.15, 0.2) is 0 Å². The van der Waals surface area contributed by atoms with Crippen LogP contribution in [0.1, 0.15) is 86.6 Å². The molecule has 1 aliphatic rings. The number of ether oxygens (including phenoxy) is 1. The minimum Gasteiger partial charge on any atom is -0.480 e. The summed E-state index contributed by atoms with van der Waals surface area (Å²) >= 11 is 0. The first kappa shape index (κ1) is 55.8. The van der Waals surface area contributed by atoms with Crippen molar-refractivity contribution in [2.75, 3.05) is 14.2 Å². The largest absolute Gasteiger partial charge is 0.480 e. The number of nitrogens with one attached hydrogen (secondary N) is 6. The van der Waals surface area contributed by atoms with Crippen molar-refractivity contribution in [3.05, 3.63) is 72.0 Å². The molecular weight excluding hydrogens is 855 g/mol. The first-order valence-corrected chi connectivity index (χ1v) is 22.0. The van der Waals surface area contributed by atoms with Gasteiger partial charge in [0.25, 0.3) is 5.91 Å². The molecule has 1 aromatic rings. The molecule has 0 bridgehead atoms. The predicted molar refractivity (Wildman–Crippen MR) is 245 cm³/mol. The molecule has 19 heteroatoms. The number of nitrogens with zero attached hydrogens (tertiary/aromatic N) is 1. The summed E-state index contributed by atoms with van der Waals surface area (Å²) in [5.74, 6) is -11.0. The lowest BCUT2D eigenvalue weighted by molar-refractivity contribution is -0.144. The molecule has 0 spiro atoms. The Balaban J connectivity index is 2.61. The van der Waals surface area contributed by atoms with Crippen LogP contribution in [0.25, 0.3) is 0 Å². The average Bonchev–Trinajstić information content (AvgIpc) is 3.25. The molecule has 1 aliphatic heterocycles. The van der Waals surface area contributed by atoms with E-state index in [9.17, 15) is 53.4 Å². The highest BCUT2D eigenvalue weighted by Crippen LogP contribution is 2.19. The van der Waals surface area contributed by atoms with Crippen molar-refractivity contribution in [2.24, 2.45) is 23.7 Å². The number of benzene rings is 1. The highest BCUT2D eigenvalue weighted by molar-refractivity contribution is 6.00. The van der Waals surface area contributed by atoms with Crippen LogP contribution in [0.5, 0.6) is 0 Å². The number of allylic oxidation sites excluding steroid dienone is 2. The maximum atomic E-state index is 14.1. The van der Waals surface area contributed by atoms with Crippen LogP contribution < -0.4 is 31.9 Å². The van der Waals surface area contributed by atoms with Crippen LogP contribution in [0.15, 0.2) is 66.4 Å². The van der Waals surface area contributed by atoms with Crippen molar-refractivity contribution in [3.63, 3.8) is 0 Å². The molecule has 364 valence electrons. The van der Waals surface area contributed by atoms with E-state index in [-0.39, 0.29) is 24.4 Å². The van der Waals surface area contributed by atoms with Gasteiger partial charge >= 0.3 is 11.9 Å². The number of amides is 7. The van der Waals surface area contributed by atoms with Crippen LogP contribution in [-0.4, -0.2) is 125 Å². The Hall–Kier alpha value is -6.37. The molecule has 1 heterocycles. The number of hydrogen-bond donors (Lipinski definition) is 8. The normalized spacial score (nSPS) is 25.4. The molecule has 2 rings (SSSR count). The van der Waals surface area contributed by atoms with Crippen molar-refractivity contribution in [1.29, 1.82) is 0 Å². The second kappa shape index (κ2) is 26.6. The van der Waals surface area contributed by atoms with Crippen LogP contribution in [0.2, 0.25) is 0 Å². The van der Waals surface area contributed by atoms with Gasteiger partial charge in [0.2, 0.25) is 35.4 Å². The Bertz CT molecular complexity index is 1980. The SMILES string of the molecule is C=C1C(=O)N[C@H](C)C(=O)N[C@@H](CC(C)C)C(=O)N[C@@H](C(=O)O)CC(=O)N[C@@H](C(C)C)C(=O)N[C@@H](/C=C/C(C)=C/[C@H](C)[C@H](Cc2ccccc2)OC)[C@H](C)C(=O)N[C@@H](C(=O)O)CCC(=O)N1C. The van der Waals surface area contributed by atoms with Crippen molar-refractivity contribution in [1.82, 2.24) is 36.8 Å². The summed E-state index contributed by atoms with van der Waals surface area (Å²) in [5.41, 5.74) is 1.42. The molecule has 0 unspecified atom stereocenters. The van der Waals surface area contributed by atoms with E-state index in [1.165, 1.54) is 20.9 Å². The zero-order chi connectivity index (χ0) is 50.0. The van der Waals surface area contributed by atoms with Gasteiger partial charge < -0.3 is 51.8 Å². The fourth-order valence-corrected chi connectivity index (χ4v) is 6.99. The summed E-state index contributed by atoms with van der Waals surface area (Å²) in [4.78, 5) is 120. The van der Waals surface area contributed by atoms with Gasteiger partial charge in [-0.05, 0) is 50.5 Å². The fraction of sp³-hybridized carbons (Fsp3) is 0.553. The molecule has 0 aromatic heterocycles. The van der Waals surface area contributed by atoms with Gasteiger partial charge in [0.1, 0.15) is 35.9 Å². The minimum absolute atomic E-state index is 0.0370. The van der Waals surface area contributed by atoms with Gasteiger partial charge in [0, 0.05) is 26.5 Å². The second-order valence-corrected chi connectivity index (χ2v) is 17.5. The van der Waals surface area contributed by atoms with E-state index in [1.54, 1.807) is 47.0 Å². The number of carboxylic acids is 2. The van der Waals surface area contributed by atoms with E-state index in [4.69, 9.17) is 4.74 Å². The topological polar surface area (TPSA) is 279 Å². The number of rotatable bonds is 12. The Morgan fingerprint density at radius 2 is 1.44 bits per heavy atom. The van der Waals surface area contributed by atoms with Crippen molar-refractivity contribution in [2.45, 2.75) is 130 Å². The Kier molecular flexibility index (Phi) is 22.4. The number of carbonyl (C=O) groups is 9. The molecule has 19 nitrogen and oxygen atoms in total. The molecule has 0 radical (unpaired) electrons. The Morgan fingerprint density at radius 1 is 0.833 bits per heavy atom. The number of methoxy groups -OCH3 is 1. The first-order chi connectivity index (χ1) is 30.9. The van der Waals surface area contributed by atoms with Crippen LogP contribution in [-0.2, 0) is 54.3 Å². The summed E-state index contributed by atoms with van der Waals surface area (Å²) in [6.07, 6.45) is 4.01. The van der Waals surface area contributed by atoms with E-state index in [1.807, 2.05) is 50.3 Å². The van der Waals surface area contributed by atoms with Gasteiger partial charge in [-0.3, -0.25) is 33.6 Å². The molecular formula is C47H69N7O12. The van der Waals surface area contributed by atoms with Crippen LogP contribution in [0.4, 0.5) is 0 Å². The quantitative estimate of drug-likeness (QED) is 0.110. The summed E-state index contributed by atoms with van der Waals surface area (Å²) < 4.78 is 5.80. The van der Waals surface area contributed by atoms with Gasteiger partial charge in [-0.25, -0.2) is 9.59 Å².